The molecule has 0 aromatic rings. The van der Waals surface area contributed by atoms with Crippen LogP contribution in [-0.4, -0.2) is 11.4 Å². The van der Waals surface area contributed by atoms with E-state index in [9.17, 15) is 17.4 Å². The van der Waals surface area contributed by atoms with E-state index in [-0.39, 0.29) is 18.1 Å². The van der Waals surface area contributed by atoms with Crippen molar-refractivity contribution in [3.05, 3.63) is 0 Å². The van der Waals surface area contributed by atoms with E-state index >= 15 is 0 Å². The molecule has 0 rings (SSSR count). The molecule has 0 bridgehead atoms. The summed E-state index contributed by atoms with van der Waals surface area (Å²) < 4.78 is 44.6. The van der Waals surface area contributed by atoms with Crippen LogP contribution < -0.4 is 0 Å². The smallest absolute Gasteiger partial charge is 0.198 e. The zero-order chi connectivity index (χ0) is 8.91. The molecular weight excluding hydrogens is 179 g/mol. The lowest BCUT2D eigenvalue weighted by Gasteiger charge is -2.01. The van der Waals surface area contributed by atoms with Gasteiger partial charge in [0.15, 0.2) is 0 Å². The van der Waals surface area contributed by atoms with Crippen LogP contribution in [0.15, 0.2) is 0 Å². The summed E-state index contributed by atoms with van der Waals surface area (Å²) in [6.45, 7) is 0. The molecular formula is C5H5F3NOS+. The van der Waals surface area contributed by atoms with Gasteiger partial charge in [-0.05, 0) is 0 Å². The highest BCUT2D eigenvalue weighted by Gasteiger charge is 2.38. The molecule has 0 aliphatic carbocycles. The number of rotatable bonds is 3. The fraction of sp³-hybridized carbons (Fsp3) is 0.800. The van der Waals surface area contributed by atoms with Gasteiger partial charge in [-0.15, -0.1) is 0 Å². The lowest BCUT2D eigenvalue weighted by atomic mass is 10.2. The van der Waals surface area contributed by atoms with Gasteiger partial charge in [-0.2, -0.15) is 18.4 Å². The molecule has 0 spiro atoms. The molecule has 0 radical (unpaired) electrons. The molecule has 0 heterocycles. The van der Waals surface area contributed by atoms with Crippen LogP contribution in [0.25, 0.3) is 0 Å². The monoisotopic (exact) mass is 184 g/mol. The third kappa shape index (κ3) is 5.73. The predicted octanol–water partition coefficient (Wildman–Crippen LogP) is 1.65. The number of nitrogens with zero attached hydrogens (tertiary/aromatic N) is 1. The number of hydrogen-bond acceptors (Lipinski definition) is 2. The molecule has 0 fully saturated rings. The van der Waals surface area contributed by atoms with Gasteiger partial charge in [0.25, 0.3) is 5.25 Å². The molecule has 6 heteroatoms. The van der Waals surface area contributed by atoms with Gasteiger partial charge in [-0.3, -0.25) is 0 Å². The Morgan fingerprint density at radius 2 is 2.09 bits per heavy atom. The third-order valence-corrected chi connectivity index (χ3v) is 1.52. The van der Waals surface area contributed by atoms with Crippen LogP contribution >= 0.6 is 0 Å². The number of nitriles is 1. The average molecular weight is 184 g/mol. The van der Waals surface area contributed by atoms with Crippen molar-refractivity contribution < 1.29 is 17.4 Å². The topological polar surface area (TPSA) is 40.9 Å². The molecule has 62 valence electrons. The Labute approximate surface area is 65.5 Å². The van der Waals surface area contributed by atoms with Crippen LogP contribution in [0, 0.1) is 11.3 Å². The van der Waals surface area contributed by atoms with Gasteiger partial charge < -0.3 is 0 Å². The van der Waals surface area contributed by atoms with E-state index in [4.69, 9.17) is 5.26 Å². The molecule has 0 N–H and O–H groups in total. The Morgan fingerprint density at radius 3 is 2.36 bits per heavy atom. The van der Waals surface area contributed by atoms with Crippen molar-refractivity contribution in [3.8, 4) is 6.07 Å². The van der Waals surface area contributed by atoms with Gasteiger partial charge in [0.1, 0.15) is 6.42 Å². The highest BCUT2D eigenvalue weighted by Crippen LogP contribution is 2.23. The first-order valence-corrected chi connectivity index (χ1v) is 3.52. The van der Waals surface area contributed by atoms with Crippen molar-refractivity contribution >= 4 is 11.7 Å². The van der Waals surface area contributed by atoms with Gasteiger partial charge in [-0.1, -0.05) is 0 Å². The quantitative estimate of drug-likeness (QED) is 0.625. The minimum absolute atomic E-state index is 0.171. The van der Waals surface area contributed by atoms with Crippen molar-refractivity contribution in [1.29, 1.82) is 5.26 Å². The second kappa shape index (κ2) is 4.23. The van der Waals surface area contributed by atoms with Crippen LogP contribution in [0.3, 0.4) is 0 Å². The van der Waals surface area contributed by atoms with Crippen molar-refractivity contribution in [2.24, 2.45) is 0 Å². The molecule has 1 atom stereocenters. The first kappa shape index (κ1) is 10.3. The van der Waals surface area contributed by atoms with E-state index in [0.29, 0.717) is 0 Å². The zero-order valence-corrected chi connectivity index (χ0v) is 6.21. The maximum Gasteiger partial charge on any atom is 0.463 e. The summed E-state index contributed by atoms with van der Waals surface area (Å²) in [4.78, 5) is 0. The predicted molar refractivity (Wildman–Crippen MR) is 32.7 cm³/mol. The first-order valence-electron chi connectivity index (χ1n) is 2.72. The number of hydrogen-bond donors (Lipinski definition) is 0. The van der Waals surface area contributed by atoms with Crippen molar-refractivity contribution in [3.63, 3.8) is 0 Å². The largest absolute Gasteiger partial charge is 0.463 e. The summed E-state index contributed by atoms with van der Waals surface area (Å²) in [7, 11) is 0. The van der Waals surface area contributed by atoms with Gasteiger partial charge in [0.2, 0.25) is 0 Å². The summed E-state index contributed by atoms with van der Waals surface area (Å²) in [6.07, 6.45) is -5.89. The van der Waals surface area contributed by atoms with Gasteiger partial charge >= 0.3 is 17.8 Å². The minimum atomic E-state index is -4.35. The van der Waals surface area contributed by atoms with Crippen molar-refractivity contribution in [2.45, 2.75) is 24.3 Å². The fourth-order valence-electron chi connectivity index (χ4n) is 0.500. The molecule has 1 unspecified atom stereocenters. The third-order valence-electron chi connectivity index (χ3n) is 0.914. The molecule has 0 aliphatic rings. The second-order valence-electron chi connectivity index (χ2n) is 1.90. The highest BCUT2D eigenvalue weighted by molar-refractivity contribution is 7.66. The second-order valence-corrected chi connectivity index (χ2v) is 2.76. The average Bonchev–Trinajstić information content (AvgIpc) is 1.84. The minimum Gasteiger partial charge on any atom is -0.198 e. The van der Waals surface area contributed by atoms with E-state index < -0.39 is 17.8 Å². The van der Waals surface area contributed by atoms with Crippen LogP contribution in [0.4, 0.5) is 13.2 Å². The molecule has 0 aromatic carbocycles. The number of halogens is 3. The maximum absolute atomic E-state index is 11.6. The summed E-state index contributed by atoms with van der Waals surface area (Å²) in [6, 6.07) is 1.52. The normalized spacial score (nSPS) is 13.6. The highest BCUT2D eigenvalue weighted by atomic mass is 32.1. The molecule has 2 nitrogen and oxygen atoms in total. The Hall–Kier alpha value is -0.700. The van der Waals surface area contributed by atoms with E-state index in [1.807, 2.05) is 0 Å². The van der Waals surface area contributed by atoms with Gasteiger partial charge in [0, 0.05) is 4.21 Å². The lowest BCUT2D eigenvalue weighted by Crippen LogP contribution is -2.18. The summed E-state index contributed by atoms with van der Waals surface area (Å²) in [5, 5.41) is 6.83. The summed E-state index contributed by atoms with van der Waals surface area (Å²) >= 11 is -0.171. The molecule has 11 heavy (non-hydrogen) atoms. The first-order chi connectivity index (χ1) is 4.99. The lowest BCUT2D eigenvalue weighted by molar-refractivity contribution is -0.134. The Kier molecular flexibility index (Phi) is 3.97. The standard InChI is InChI=1S/C5H5F3NOS/c6-5(7,8)3-4(11-10)1-2-9/h4H,1,3H2/q+1. The number of alkyl halides is 3. The van der Waals surface area contributed by atoms with E-state index in [2.05, 4.69) is 0 Å². The Bertz CT molecular complexity index is 174. The fourth-order valence-corrected chi connectivity index (χ4v) is 0.900. The van der Waals surface area contributed by atoms with Crippen molar-refractivity contribution in [1.82, 2.24) is 0 Å². The van der Waals surface area contributed by atoms with Crippen LogP contribution in [0.5, 0.6) is 0 Å². The molecule has 0 saturated heterocycles. The summed E-state index contributed by atoms with van der Waals surface area (Å²) in [5.41, 5.74) is 0. The van der Waals surface area contributed by atoms with Gasteiger partial charge in [0.05, 0.1) is 12.5 Å². The Morgan fingerprint density at radius 1 is 1.55 bits per heavy atom. The summed E-state index contributed by atoms with van der Waals surface area (Å²) in [5.74, 6) is 0. The van der Waals surface area contributed by atoms with Gasteiger partial charge in [-0.25, -0.2) is 0 Å². The molecule has 0 saturated carbocycles. The molecule has 0 amide bonds. The zero-order valence-electron chi connectivity index (χ0n) is 5.39. The SMILES string of the molecule is N#CCC(CC(F)(F)F)[S+]=O. The maximum atomic E-state index is 11.6. The Balaban J connectivity index is 3.90. The van der Waals surface area contributed by atoms with Crippen LogP contribution in [-0.2, 0) is 15.9 Å². The van der Waals surface area contributed by atoms with Crippen LogP contribution in [0.2, 0.25) is 0 Å². The molecule has 0 aliphatic heterocycles. The molecule has 0 aromatic heterocycles. The van der Waals surface area contributed by atoms with Crippen LogP contribution in [0.1, 0.15) is 12.8 Å². The van der Waals surface area contributed by atoms with E-state index in [1.54, 1.807) is 0 Å². The van der Waals surface area contributed by atoms with Crippen molar-refractivity contribution in [2.75, 3.05) is 0 Å². The van der Waals surface area contributed by atoms with E-state index in [0.717, 1.165) is 0 Å². The van der Waals surface area contributed by atoms with E-state index in [1.165, 1.54) is 6.07 Å².